The number of aliphatic carboxylic acids is 1. The molecule has 0 spiro atoms. The molecule has 5 nitrogen and oxygen atoms in total. The lowest BCUT2D eigenvalue weighted by atomic mass is 10.0. The fourth-order valence-corrected chi connectivity index (χ4v) is 1.33. The Kier molecular flexibility index (Phi) is 4.30. The summed E-state index contributed by atoms with van der Waals surface area (Å²) >= 11 is 0. The molecule has 7 heteroatoms. The maximum Gasteiger partial charge on any atom is 0.326 e. The van der Waals surface area contributed by atoms with Gasteiger partial charge in [-0.25, -0.2) is 14.2 Å². The smallest absolute Gasteiger partial charge is 0.326 e. The molecular weight excluding hydrogens is 246 g/mol. The van der Waals surface area contributed by atoms with E-state index in [2.05, 4.69) is 10.3 Å². The molecule has 0 saturated heterocycles. The monoisotopic (exact) mass is 258 g/mol. The van der Waals surface area contributed by atoms with Crippen LogP contribution in [0.2, 0.25) is 0 Å². The van der Waals surface area contributed by atoms with Crippen LogP contribution < -0.4 is 5.32 Å². The molecule has 0 aliphatic carbocycles. The number of pyridine rings is 1. The Hall–Kier alpha value is -2.05. The molecule has 0 unspecified atom stereocenters. The molecule has 0 radical (unpaired) electrons. The zero-order valence-corrected chi connectivity index (χ0v) is 9.78. The van der Waals surface area contributed by atoms with Crippen LogP contribution in [0, 0.1) is 17.7 Å². The molecule has 18 heavy (non-hydrogen) atoms. The summed E-state index contributed by atoms with van der Waals surface area (Å²) in [5.41, 5.74) is -0.575. The maximum atomic E-state index is 13.3. The lowest BCUT2D eigenvalue weighted by molar-refractivity contribution is -0.140. The normalized spacial score (nSPS) is 12.3. The third kappa shape index (κ3) is 2.99. The van der Waals surface area contributed by atoms with Crippen molar-refractivity contribution in [1.82, 2.24) is 10.3 Å². The molecule has 2 N–H and O–H groups in total. The molecule has 0 aromatic carbocycles. The summed E-state index contributed by atoms with van der Waals surface area (Å²) < 4.78 is 26.1. The Bertz CT molecular complexity index is 477. The molecule has 1 aromatic heterocycles. The van der Waals surface area contributed by atoms with Gasteiger partial charge in [0.05, 0.1) is 5.56 Å². The van der Waals surface area contributed by atoms with Gasteiger partial charge >= 0.3 is 5.97 Å². The van der Waals surface area contributed by atoms with Gasteiger partial charge in [0, 0.05) is 6.20 Å². The van der Waals surface area contributed by atoms with Crippen LogP contribution in [0.15, 0.2) is 12.3 Å². The third-order valence-corrected chi connectivity index (χ3v) is 2.31. The number of carbonyl (C=O) groups is 2. The summed E-state index contributed by atoms with van der Waals surface area (Å²) in [6, 6.07) is -0.194. The topological polar surface area (TPSA) is 79.3 Å². The van der Waals surface area contributed by atoms with E-state index in [-0.39, 0.29) is 5.92 Å². The van der Waals surface area contributed by atoms with Crippen molar-refractivity contribution in [3.8, 4) is 0 Å². The highest BCUT2D eigenvalue weighted by Gasteiger charge is 2.25. The minimum atomic E-state index is -1.40. The molecule has 0 saturated carbocycles. The second-order valence-corrected chi connectivity index (χ2v) is 4.00. The first kappa shape index (κ1) is 14.0. The quantitative estimate of drug-likeness (QED) is 0.795. The molecule has 1 aromatic rings. The van der Waals surface area contributed by atoms with Crippen molar-refractivity contribution < 1.29 is 23.5 Å². The zero-order chi connectivity index (χ0) is 13.9. The minimum absolute atomic E-state index is 0.388. The highest BCUT2D eigenvalue weighted by Crippen LogP contribution is 2.10. The molecule has 0 fully saturated rings. The molecule has 0 aliphatic rings. The number of aromatic nitrogens is 1. The van der Waals surface area contributed by atoms with E-state index in [1.807, 2.05) is 0 Å². The lowest BCUT2D eigenvalue weighted by Crippen LogP contribution is -2.44. The van der Waals surface area contributed by atoms with Gasteiger partial charge in [-0.3, -0.25) is 4.79 Å². The van der Waals surface area contributed by atoms with Crippen molar-refractivity contribution in [2.45, 2.75) is 19.9 Å². The van der Waals surface area contributed by atoms with Gasteiger partial charge in [0.2, 0.25) is 5.95 Å². The number of carboxylic acid groups (broad SMARTS) is 1. The Balaban J connectivity index is 2.94. The summed E-state index contributed by atoms with van der Waals surface area (Å²) in [6.45, 7) is 3.17. The molecular formula is C11H12F2N2O3. The molecule has 98 valence electrons. The second-order valence-electron chi connectivity index (χ2n) is 4.00. The van der Waals surface area contributed by atoms with Crippen LogP contribution >= 0.6 is 0 Å². The van der Waals surface area contributed by atoms with Crippen LogP contribution in [0.1, 0.15) is 24.2 Å². The second kappa shape index (κ2) is 5.52. The van der Waals surface area contributed by atoms with Crippen molar-refractivity contribution in [3.05, 3.63) is 29.6 Å². The third-order valence-electron chi connectivity index (χ3n) is 2.31. The van der Waals surface area contributed by atoms with E-state index >= 15 is 0 Å². The molecule has 0 bridgehead atoms. The Morgan fingerprint density at radius 3 is 2.50 bits per heavy atom. The van der Waals surface area contributed by atoms with Crippen LogP contribution in [0.25, 0.3) is 0 Å². The van der Waals surface area contributed by atoms with Crippen LogP contribution in [0.3, 0.4) is 0 Å². The average molecular weight is 258 g/mol. The van der Waals surface area contributed by atoms with Gasteiger partial charge in [0.25, 0.3) is 5.91 Å². The van der Waals surface area contributed by atoms with Crippen LogP contribution in [-0.4, -0.2) is 28.0 Å². The van der Waals surface area contributed by atoms with Gasteiger partial charge in [-0.2, -0.15) is 4.39 Å². The SMILES string of the molecule is CC(C)[C@H](NC(=O)c1ccnc(F)c1F)C(=O)O. The number of nitrogens with zero attached hydrogens (tertiary/aromatic N) is 1. The van der Waals surface area contributed by atoms with Crippen molar-refractivity contribution in [1.29, 1.82) is 0 Å². The van der Waals surface area contributed by atoms with E-state index in [4.69, 9.17) is 5.11 Å². The van der Waals surface area contributed by atoms with Gasteiger partial charge in [-0.05, 0) is 12.0 Å². The van der Waals surface area contributed by atoms with E-state index in [9.17, 15) is 18.4 Å². The van der Waals surface area contributed by atoms with Crippen LogP contribution in [0.4, 0.5) is 8.78 Å². The van der Waals surface area contributed by atoms with E-state index in [0.29, 0.717) is 0 Å². The number of carboxylic acids is 1. The predicted molar refractivity (Wildman–Crippen MR) is 57.9 cm³/mol. The van der Waals surface area contributed by atoms with Gasteiger partial charge in [0.1, 0.15) is 6.04 Å². The minimum Gasteiger partial charge on any atom is -0.480 e. The number of amides is 1. The maximum absolute atomic E-state index is 13.3. The first-order valence-corrected chi connectivity index (χ1v) is 5.18. The highest BCUT2D eigenvalue weighted by atomic mass is 19.2. The first-order valence-electron chi connectivity index (χ1n) is 5.18. The largest absolute Gasteiger partial charge is 0.480 e. The Labute approximate surface area is 102 Å². The Morgan fingerprint density at radius 1 is 1.39 bits per heavy atom. The predicted octanol–water partition coefficient (Wildman–Crippen LogP) is 1.20. The van der Waals surface area contributed by atoms with E-state index in [1.165, 1.54) is 0 Å². The summed E-state index contributed by atoms with van der Waals surface area (Å²) in [5, 5.41) is 11.0. The van der Waals surface area contributed by atoms with E-state index < -0.39 is 35.2 Å². The fraction of sp³-hybridized carbons (Fsp3) is 0.364. The summed E-state index contributed by atoms with van der Waals surface area (Å²) in [4.78, 5) is 25.5. The number of halogens is 2. The lowest BCUT2D eigenvalue weighted by Gasteiger charge is -2.17. The van der Waals surface area contributed by atoms with Gasteiger partial charge < -0.3 is 10.4 Å². The molecule has 1 amide bonds. The summed E-state index contributed by atoms with van der Waals surface area (Å²) in [6.07, 6.45) is 0.929. The number of hydrogen-bond acceptors (Lipinski definition) is 3. The van der Waals surface area contributed by atoms with Gasteiger partial charge in [-0.1, -0.05) is 13.8 Å². The van der Waals surface area contributed by atoms with Crippen molar-refractivity contribution in [2.75, 3.05) is 0 Å². The first-order chi connectivity index (χ1) is 8.34. The number of nitrogens with one attached hydrogen (secondary N) is 1. The summed E-state index contributed by atoms with van der Waals surface area (Å²) in [5.74, 6) is -5.42. The van der Waals surface area contributed by atoms with Gasteiger partial charge in [0.15, 0.2) is 5.82 Å². The molecule has 0 aliphatic heterocycles. The molecule has 1 atom stereocenters. The van der Waals surface area contributed by atoms with E-state index in [1.54, 1.807) is 13.8 Å². The van der Waals surface area contributed by atoms with Crippen LogP contribution in [-0.2, 0) is 4.79 Å². The average Bonchev–Trinajstić information content (AvgIpc) is 2.28. The van der Waals surface area contributed by atoms with Crippen molar-refractivity contribution in [2.24, 2.45) is 5.92 Å². The standard InChI is InChI=1S/C11H12F2N2O3/c1-5(2)8(11(17)18)15-10(16)6-3-4-14-9(13)7(6)12/h3-5,8H,1-2H3,(H,15,16)(H,17,18)/t8-/m0/s1. The number of carbonyl (C=O) groups excluding carboxylic acids is 1. The highest BCUT2D eigenvalue weighted by molar-refractivity contribution is 5.96. The van der Waals surface area contributed by atoms with Gasteiger partial charge in [-0.15, -0.1) is 0 Å². The Morgan fingerprint density at radius 2 is 2.00 bits per heavy atom. The van der Waals surface area contributed by atoms with Crippen molar-refractivity contribution in [3.63, 3.8) is 0 Å². The van der Waals surface area contributed by atoms with Crippen LogP contribution in [0.5, 0.6) is 0 Å². The zero-order valence-electron chi connectivity index (χ0n) is 9.78. The number of rotatable bonds is 4. The van der Waals surface area contributed by atoms with E-state index in [0.717, 1.165) is 12.3 Å². The van der Waals surface area contributed by atoms with Crippen molar-refractivity contribution >= 4 is 11.9 Å². The molecule has 1 rings (SSSR count). The fourth-order valence-electron chi connectivity index (χ4n) is 1.33. The number of hydrogen-bond donors (Lipinski definition) is 2. The summed E-state index contributed by atoms with van der Waals surface area (Å²) in [7, 11) is 0. The molecule has 1 heterocycles.